The molecule has 1 saturated carbocycles. The van der Waals surface area contributed by atoms with Crippen molar-refractivity contribution in [2.45, 2.75) is 25.7 Å². The minimum atomic E-state index is -0.0441. The molecule has 0 saturated heterocycles. The maximum absolute atomic E-state index is 11.8. The van der Waals surface area contributed by atoms with Crippen LogP contribution in [0.5, 0.6) is 0 Å². The number of nitrogens with two attached hydrogens (primary N) is 1. The third-order valence-corrected chi connectivity index (χ3v) is 3.70. The van der Waals surface area contributed by atoms with E-state index in [9.17, 15) is 4.79 Å². The molecular formula is C13H17BrN2O. The van der Waals surface area contributed by atoms with Gasteiger partial charge in [-0.3, -0.25) is 4.79 Å². The van der Waals surface area contributed by atoms with Gasteiger partial charge in [-0.15, -0.1) is 0 Å². The fourth-order valence-electron chi connectivity index (χ4n) is 2.02. The summed E-state index contributed by atoms with van der Waals surface area (Å²) in [5, 5.41) is 2.94. The van der Waals surface area contributed by atoms with E-state index in [0.29, 0.717) is 11.3 Å². The lowest BCUT2D eigenvalue weighted by molar-refractivity contribution is 0.0949. The van der Waals surface area contributed by atoms with Crippen molar-refractivity contribution < 1.29 is 4.79 Å². The zero-order chi connectivity index (χ0) is 12.3. The van der Waals surface area contributed by atoms with Crippen molar-refractivity contribution in [2.24, 2.45) is 5.92 Å². The number of anilines is 1. The summed E-state index contributed by atoms with van der Waals surface area (Å²) in [6.07, 6.45) is 5.08. The number of nitrogen functional groups attached to an aromatic ring is 1. The minimum Gasteiger partial charge on any atom is -0.399 e. The molecule has 17 heavy (non-hydrogen) atoms. The Labute approximate surface area is 110 Å². The number of halogens is 1. The standard InChI is InChI=1S/C13H17BrN2O/c14-11-6-10(7-12(15)8-11)13(17)16-5-4-9-2-1-3-9/h6-9H,1-5,15H2,(H,16,17). The second-order valence-corrected chi connectivity index (χ2v) is 5.53. The summed E-state index contributed by atoms with van der Waals surface area (Å²) in [5.74, 6) is 0.778. The topological polar surface area (TPSA) is 55.1 Å². The molecule has 0 radical (unpaired) electrons. The van der Waals surface area contributed by atoms with E-state index in [1.807, 2.05) is 0 Å². The van der Waals surface area contributed by atoms with Crippen LogP contribution >= 0.6 is 15.9 Å². The van der Waals surface area contributed by atoms with E-state index in [1.54, 1.807) is 18.2 Å². The lowest BCUT2D eigenvalue weighted by Gasteiger charge is -2.25. The molecule has 1 aliphatic carbocycles. The summed E-state index contributed by atoms with van der Waals surface area (Å²) in [7, 11) is 0. The molecule has 92 valence electrons. The van der Waals surface area contributed by atoms with Gasteiger partial charge in [0.2, 0.25) is 0 Å². The first-order valence-corrected chi connectivity index (χ1v) is 6.79. The van der Waals surface area contributed by atoms with Crippen LogP contribution in [0.2, 0.25) is 0 Å². The first-order valence-electron chi connectivity index (χ1n) is 5.99. The highest BCUT2D eigenvalue weighted by Crippen LogP contribution is 2.28. The largest absolute Gasteiger partial charge is 0.399 e. The smallest absolute Gasteiger partial charge is 0.251 e. The Hall–Kier alpha value is -1.03. The van der Waals surface area contributed by atoms with Crippen molar-refractivity contribution in [3.8, 4) is 0 Å². The predicted octanol–water partition coefficient (Wildman–Crippen LogP) is 2.95. The molecule has 0 aromatic heterocycles. The summed E-state index contributed by atoms with van der Waals surface area (Å²) in [6.45, 7) is 0.760. The molecule has 0 spiro atoms. The average molecular weight is 297 g/mol. The second-order valence-electron chi connectivity index (χ2n) is 4.61. The molecule has 0 atom stereocenters. The first kappa shape index (κ1) is 12.4. The molecular weight excluding hydrogens is 280 g/mol. The van der Waals surface area contributed by atoms with Gasteiger partial charge in [0.15, 0.2) is 0 Å². The van der Waals surface area contributed by atoms with Crippen molar-refractivity contribution >= 4 is 27.5 Å². The van der Waals surface area contributed by atoms with E-state index in [4.69, 9.17) is 5.73 Å². The Kier molecular flexibility index (Phi) is 4.05. The van der Waals surface area contributed by atoms with Crippen LogP contribution in [0, 0.1) is 5.92 Å². The van der Waals surface area contributed by atoms with Gasteiger partial charge in [-0.1, -0.05) is 35.2 Å². The van der Waals surface area contributed by atoms with Crippen molar-refractivity contribution in [1.29, 1.82) is 0 Å². The highest BCUT2D eigenvalue weighted by Gasteiger charge is 2.17. The monoisotopic (exact) mass is 296 g/mol. The van der Waals surface area contributed by atoms with E-state index < -0.39 is 0 Å². The highest BCUT2D eigenvalue weighted by molar-refractivity contribution is 9.10. The summed E-state index contributed by atoms with van der Waals surface area (Å²) in [6, 6.07) is 5.27. The Morgan fingerprint density at radius 3 is 2.76 bits per heavy atom. The van der Waals surface area contributed by atoms with E-state index in [2.05, 4.69) is 21.2 Å². The SMILES string of the molecule is Nc1cc(Br)cc(C(=O)NCCC2CCC2)c1. The second kappa shape index (κ2) is 5.54. The van der Waals surface area contributed by atoms with Gasteiger partial charge in [0.1, 0.15) is 0 Å². The van der Waals surface area contributed by atoms with Crippen LogP contribution in [-0.2, 0) is 0 Å². The van der Waals surface area contributed by atoms with E-state index in [1.165, 1.54) is 19.3 Å². The fraction of sp³-hybridized carbons (Fsp3) is 0.462. The van der Waals surface area contributed by atoms with Crippen LogP contribution in [0.3, 0.4) is 0 Å². The molecule has 3 N–H and O–H groups in total. The Morgan fingerprint density at radius 2 is 2.18 bits per heavy atom. The van der Waals surface area contributed by atoms with Gasteiger partial charge in [-0.25, -0.2) is 0 Å². The quantitative estimate of drug-likeness (QED) is 0.840. The molecule has 0 bridgehead atoms. The zero-order valence-corrected chi connectivity index (χ0v) is 11.3. The molecule has 3 nitrogen and oxygen atoms in total. The van der Waals surface area contributed by atoms with E-state index >= 15 is 0 Å². The highest BCUT2D eigenvalue weighted by atomic mass is 79.9. The van der Waals surface area contributed by atoms with Gasteiger partial charge < -0.3 is 11.1 Å². The van der Waals surface area contributed by atoms with Gasteiger partial charge >= 0.3 is 0 Å². The predicted molar refractivity (Wildman–Crippen MR) is 72.8 cm³/mol. The summed E-state index contributed by atoms with van der Waals surface area (Å²) in [4.78, 5) is 11.8. The number of carbonyl (C=O) groups is 1. The van der Waals surface area contributed by atoms with Crippen molar-refractivity contribution in [3.63, 3.8) is 0 Å². The minimum absolute atomic E-state index is 0.0441. The number of hydrogen-bond donors (Lipinski definition) is 2. The maximum Gasteiger partial charge on any atom is 0.251 e. The number of carbonyl (C=O) groups excluding carboxylic acids is 1. The normalized spacial score (nSPS) is 15.4. The average Bonchev–Trinajstić information content (AvgIpc) is 2.20. The summed E-state index contributed by atoms with van der Waals surface area (Å²) < 4.78 is 0.835. The van der Waals surface area contributed by atoms with Gasteiger partial charge in [-0.05, 0) is 30.5 Å². The molecule has 0 heterocycles. The summed E-state index contributed by atoms with van der Waals surface area (Å²) in [5.41, 5.74) is 6.91. The van der Waals surface area contributed by atoms with Gasteiger partial charge in [0.25, 0.3) is 5.91 Å². The molecule has 0 aliphatic heterocycles. The van der Waals surface area contributed by atoms with Crippen LogP contribution in [0.1, 0.15) is 36.0 Å². The number of amides is 1. The zero-order valence-electron chi connectivity index (χ0n) is 9.71. The molecule has 0 unspecified atom stereocenters. The Bertz CT molecular complexity index is 396. The van der Waals surface area contributed by atoms with Crippen LogP contribution < -0.4 is 11.1 Å². The molecule has 1 fully saturated rings. The fourth-order valence-corrected chi connectivity index (χ4v) is 2.53. The van der Waals surface area contributed by atoms with Crippen molar-refractivity contribution in [2.75, 3.05) is 12.3 Å². The van der Waals surface area contributed by atoms with Crippen molar-refractivity contribution in [1.82, 2.24) is 5.32 Å². The lowest BCUT2D eigenvalue weighted by Crippen LogP contribution is -2.27. The lowest BCUT2D eigenvalue weighted by atomic mass is 9.83. The molecule has 4 heteroatoms. The summed E-state index contributed by atoms with van der Waals surface area (Å²) >= 11 is 3.33. The number of rotatable bonds is 4. The van der Waals surface area contributed by atoms with Gasteiger partial charge in [0.05, 0.1) is 0 Å². The molecule has 1 aromatic rings. The Balaban J connectivity index is 1.85. The third-order valence-electron chi connectivity index (χ3n) is 3.25. The number of hydrogen-bond acceptors (Lipinski definition) is 2. The third kappa shape index (κ3) is 3.46. The molecule has 1 aliphatic rings. The number of nitrogens with one attached hydrogen (secondary N) is 1. The van der Waals surface area contributed by atoms with Crippen LogP contribution in [-0.4, -0.2) is 12.5 Å². The van der Waals surface area contributed by atoms with Gasteiger partial charge in [-0.2, -0.15) is 0 Å². The van der Waals surface area contributed by atoms with Gasteiger partial charge in [0, 0.05) is 22.3 Å². The molecule has 2 rings (SSSR count). The first-order chi connectivity index (χ1) is 8.15. The van der Waals surface area contributed by atoms with E-state index in [0.717, 1.165) is 23.4 Å². The van der Waals surface area contributed by atoms with E-state index in [-0.39, 0.29) is 5.91 Å². The van der Waals surface area contributed by atoms with Crippen LogP contribution in [0.4, 0.5) is 5.69 Å². The van der Waals surface area contributed by atoms with Crippen molar-refractivity contribution in [3.05, 3.63) is 28.2 Å². The maximum atomic E-state index is 11.8. The molecule has 1 amide bonds. The molecule has 1 aromatic carbocycles. The Morgan fingerprint density at radius 1 is 1.41 bits per heavy atom. The number of benzene rings is 1. The van der Waals surface area contributed by atoms with Crippen LogP contribution in [0.15, 0.2) is 22.7 Å². The van der Waals surface area contributed by atoms with Crippen LogP contribution in [0.25, 0.3) is 0 Å².